The van der Waals surface area contributed by atoms with E-state index in [1.54, 1.807) is 0 Å². The van der Waals surface area contributed by atoms with E-state index in [2.05, 4.69) is 162 Å². The smallest absolute Gasteiger partial charge is 0.0413 e. The normalized spacial score (nSPS) is 17.4. The van der Waals surface area contributed by atoms with Crippen molar-refractivity contribution < 1.29 is 0 Å². The summed E-state index contributed by atoms with van der Waals surface area (Å²) in [5.41, 5.74) is 11.0. The Morgan fingerprint density at radius 3 is 0.955 bits per heavy atom. The number of benzene rings is 4. The van der Waals surface area contributed by atoms with E-state index in [-0.39, 0.29) is 10.8 Å². The molecule has 0 saturated heterocycles. The van der Waals surface area contributed by atoms with Crippen molar-refractivity contribution in [2.45, 2.75) is 117 Å². The molecule has 0 spiro atoms. The first kappa shape index (κ1) is 31.9. The summed E-state index contributed by atoms with van der Waals surface area (Å²) in [7, 11) is 0. The fraction of sp³-hybridized carbons (Fsp3) is 0.429. The molecule has 0 heterocycles. The highest BCUT2D eigenvalue weighted by Gasteiger charge is 2.32. The molecule has 0 unspecified atom stereocenters. The Bertz CT molecular complexity index is 1350. The van der Waals surface area contributed by atoms with Crippen molar-refractivity contribution >= 4 is 22.7 Å². The van der Waals surface area contributed by atoms with Gasteiger partial charge in [-0.15, -0.1) is 0 Å². The largest absolute Gasteiger partial charge is 0.338 e. The fourth-order valence-corrected chi connectivity index (χ4v) is 6.68. The maximum Gasteiger partial charge on any atom is 0.0413 e. The zero-order valence-corrected chi connectivity index (χ0v) is 28.5. The van der Waals surface area contributed by atoms with Gasteiger partial charge in [-0.05, 0) is 123 Å². The maximum atomic E-state index is 2.62. The summed E-state index contributed by atoms with van der Waals surface area (Å²) in [6.07, 6.45) is 6.89. The molecular formula is C42H54N2. The van der Waals surface area contributed by atoms with E-state index in [0.717, 1.165) is 38.5 Å². The lowest BCUT2D eigenvalue weighted by atomic mass is 9.82. The summed E-state index contributed by atoms with van der Waals surface area (Å²) in [4.78, 5) is 5.24. The van der Waals surface area contributed by atoms with Gasteiger partial charge in [0, 0.05) is 34.8 Å². The molecule has 5 rings (SSSR count). The highest BCUT2D eigenvalue weighted by molar-refractivity contribution is 5.67. The first-order chi connectivity index (χ1) is 21.0. The van der Waals surface area contributed by atoms with Crippen LogP contribution in [-0.2, 0) is 10.8 Å². The molecule has 0 radical (unpaired) electrons. The van der Waals surface area contributed by atoms with Crippen LogP contribution in [0.2, 0.25) is 0 Å². The van der Waals surface area contributed by atoms with Crippen LogP contribution < -0.4 is 9.80 Å². The second-order valence-corrected chi connectivity index (χ2v) is 14.4. The van der Waals surface area contributed by atoms with E-state index in [1.165, 1.54) is 45.0 Å². The standard InChI is InChI=1S/C42H54N2/c1-9-41(5,6)33-15-23-37(24-16-33)43(35-19-11-31(3)12-20-35)39-27-29-40(30-28-39)44(36-21-13-32(4)14-22-36)38-25-17-34(18-26-38)42(7,8)10-2/h11-26,39-40H,9-10,27-30H2,1-8H3. The molecule has 0 amide bonds. The average molecular weight is 587 g/mol. The van der Waals surface area contributed by atoms with Crippen LogP contribution >= 0.6 is 0 Å². The van der Waals surface area contributed by atoms with Crippen LogP contribution in [0.5, 0.6) is 0 Å². The molecule has 44 heavy (non-hydrogen) atoms. The van der Waals surface area contributed by atoms with Gasteiger partial charge < -0.3 is 9.80 Å². The van der Waals surface area contributed by atoms with Crippen molar-refractivity contribution in [3.63, 3.8) is 0 Å². The van der Waals surface area contributed by atoms with E-state index in [9.17, 15) is 0 Å². The molecule has 1 aliphatic carbocycles. The molecule has 1 fully saturated rings. The van der Waals surface area contributed by atoms with Crippen LogP contribution in [0.15, 0.2) is 97.1 Å². The minimum Gasteiger partial charge on any atom is -0.338 e. The molecule has 1 saturated carbocycles. The Morgan fingerprint density at radius 2 is 0.705 bits per heavy atom. The molecule has 1 aliphatic rings. The lowest BCUT2D eigenvalue weighted by Crippen LogP contribution is -2.41. The summed E-state index contributed by atoms with van der Waals surface area (Å²) < 4.78 is 0. The molecule has 232 valence electrons. The third-order valence-corrected chi connectivity index (χ3v) is 10.6. The molecule has 2 nitrogen and oxygen atoms in total. The van der Waals surface area contributed by atoms with E-state index in [0.29, 0.717) is 12.1 Å². The van der Waals surface area contributed by atoms with Gasteiger partial charge in [-0.2, -0.15) is 0 Å². The van der Waals surface area contributed by atoms with Crippen molar-refractivity contribution in [2.24, 2.45) is 0 Å². The zero-order valence-electron chi connectivity index (χ0n) is 28.5. The molecular weight excluding hydrogens is 532 g/mol. The van der Waals surface area contributed by atoms with E-state index in [4.69, 9.17) is 0 Å². The summed E-state index contributed by atoms with van der Waals surface area (Å²) in [6.45, 7) is 18.3. The number of nitrogens with zero attached hydrogens (tertiary/aromatic N) is 2. The van der Waals surface area contributed by atoms with Gasteiger partial charge in [-0.25, -0.2) is 0 Å². The van der Waals surface area contributed by atoms with Crippen molar-refractivity contribution in [1.29, 1.82) is 0 Å². The Kier molecular flexibility index (Phi) is 9.59. The summed E-state index contributed by atoms with van der Waals surface area (Å²) in [5.74, 6) is 0. The van der Waals surface area contributed by atoms with Crippen molar-refractivity contribution in [3.8, 4) is 0 Å². The number of hydrogen-bond donors (Lipinski definition) is 0. The Balaban J connectivity index is 1.43. The minimum atomic E-state index is 0.190. The van der Waals surface area contributed by atoms with E-state index < -0.39 is 0 Å². The van der Waals surface area contributed by atoms with Gasteiger partial charge >= 0.3 is 0 Å². The Hall–Kier alpha value is -3.52. The second-order valence-electron chi connectivity index (χ2n) is 14.4. The van der Waals surface area contributed by atoms with Crippen molar-refractivity contribution in [1.82, 2.24) is 0 Å². The van der Waals surface area contributed by atoms with Gasteiger partial charge in [0.1, 0.15) is 0 Å². The monoisotopic (exact) mass is 586 g/mol. The van der Waals surface area contributed by atoms with Gasteiger partial charge in [-0.1, -0.05) is 101 Å². The lowest BCUT2D eigenvalue weighted by Gasteiger charge is -2.43. The van der Waals surface area contributed by atoms with Gasteiger partial charge in [-0.3, -0.25) is 0 Å². The van der Waals surface area contributed by atoms with Gasteiger partial charge in [0.2, 0.25) is 0 Å². The number of aryl methyl sites for hydroxylation is 2. The summed E-state index contributed by atoms with van der Waals surface area (Å²) >= 11 is 0. The third kappa shape index (κ3) is 6.90. The van der Waals surface area contributed by atoms with Crippen LogP contribution in [0.25, 0.3) is 0 Å². The second kappa shape index (κ2) is 13.2. The Morgan fingerprint density at radius 1 is 0.455 bits per heavy atom. The van der Waals surface area contributed by atoms with Crippen molar-refractivity contribution in [3.05, 3.63) is 119 Å². The van der Waals surface area contributed by atoms with Gasteiger partial charge in [0.15, 0.2) is 0 Å². The fourth-order valence-electron chi connectivity index (χ4n) is 6.68. The first-order valence-electron chi connectivity index (χ1n) is 17.0. The topological polar surface area (TPSA) is 6.48 Å². The highest BCUT2D eigenvalue weighted by Crippen LogP contribution is 2.40. The predicted octanol–water partition coefficient (Wildman–Crippen LogP) is 12.0. The van der Waals surface area contributed by atoms with Gasteiger partial charge in [0.25, 0.3) is 0 Å². The predicted molar refractivity (Wildman–Crippen MR) is 192 cm³/mol. The first-order valence-corrected chi connectivity index (χ1v) is 17.0. The van der Waals surface area contributed by atoms with Crippen molar-refractivity contribution in [2.75, 3.05) is 9.80 Å². The van der Waals surface area contributed by atoms with Crippen LogP contribution in [0.4, 0.5) is 22.7 Å². The molecule has 2 heteroatoms. The minimum absolute atomic E-state index is 0.190. The number of anilines is 4. The number of rotatable bonds is 10. The van der Waals surface area contributed by atoms with E-state index in [1.807, 2.05) is 0 Å². The maximum absolute atomic E-state index is 2.62. The SMILES string of the molecule is CCC(C)(C)c1ccc(N(c2ccc(C)cc2)C2CCC(N(c3ccc(C)cc3)c3ccc(C(C)(C)CC)cc3)CC2)cc1. The molecule has 0 atom stereocenters. The number of hydrogen-bond acceptors (Lipinski definition) is 2. The van der Waals surface area contributed by atoms with Crippen LogP contribution in [0, 0.1) is 13.8 Å². The molecule has 0 aromatic heterocycles. The quantitative estimate of drug-likeness (QED) is 0.182. The summed E-state index contributed by atoms with van der Waals surface area (Å²) in [5, 5.41) is 0. The molecule has 0 bridgehead atoms. The van der Waals surface area contributed by atoms with Crippen LogP contribution in [0.1, 0.15) is 102 Å². The molecule has 4 aromatic rings. The van der Waals surface area contributed by atoms with Crippen LogP contribution in [-0.4, -0.2) is 12.1 Å². The summed E-state index contributed by atoms with van der Waals surface area (Å²) in [6, 6.07) is 38.0. The Labute approximate surface area is 268 Å². The average Bonchev–Trinajstić information content (AvgIpc) is 3.04. The molecule has 0 aliphatic heterocycles. The lowest BCUT2D eigenvalue weighted by molar-refractivity contribution is 0.387. The van der Waals surface area contributed by atoms with Gasteiger partial charge in [0.05, 0.1) is 0 Å². The zero-order chi connectivity index (χ0) is 31.5. The van der Waals surface area contributed by atoms with Crippen LogP contribution in [0.3, 0.4) is 0 Å². The highest BCUT2D eigenvalue weighted by atomic mass is 15.2. The van der Waals surface area contributed by atoms with E-state index >= 15 is 0 Å². The molecule has 4 aromatic carbocycles. The molecule has 0 N–H and O–H groups in total. The third-order valence-electron chi connectivity index (χ3n) is 10.6.